The molecule has 35 heavy (non-hydrogen) atoms. The Morgan fingerprint density at radius 2 is 0.629 bits per heavy atom. The van der Waals surface area contributed by atoms with E-state index in [2.05, 4.69) is 90.0 Å². The third-order valence-electron chi connectivity index (χ3n) is 6.85. The van der Waals surface area contributed by atoms with Gasteiger partial charge in [0.15, 0.2) is 0 Å². The minimum atomic E-state index is -3.15. The average molecular weight is 537 g/mol. The van der Waals surface area contributed by atoms with E-state index in [1.807, 2.05) is 0 Å². The maximum Gasteiger partial charge on any atom is 0.504 e. The monoisotopic (exact) mass is 536 g/mol. The van der Waals surface area contributed by atoms with Crippen LogP contribution >= 0.6 is 0 Å². The van der Waals surface area contributed by atoms with E-state index in [9.17, 15) is 0 Å². The van der Waals surface area contributed by atoms with Crippen LogP contribution in [0.1, 0.15) is 129 Å². The van der Waals surface area contributed by atoms with Crippen molar-refractivity contribution in [3.63, 3.8) is 0 Å². The largest absolute Gasteiger partial charge is 0.504 e. The Labute approximate surface area is 220 Å². The van der Waals surface area contributed by atoms with Crippen molar-refractivity contribution in [3.05, 3.63) is 0 Å². The van der Waals surface area contributed by atoms with E-state index in [1.165, 1.54) is 0 Å². The van der Waals surface area contributed by atoms with Crippen LogP contribution in [-0.4, -0.2) is 54.2 Å². The summed E-state index contributed by atoms with van der Waals surface area (Å²) >= 11 is 0. The van der Waals surface area contributed by atoms with E-state index in [0.717, 1.165) is 38.5 Å². The minimum absolute atomic E-state index is 0.0368. The molecule has 8 heteroatoms. The third kappa shape index (κ3) is 12.5. The number of rotatable bonds is 21. The van der Waals surface area contributed by atoms with Crippen LogP contribution < -0.4 is 0 Å². The topological polar surface area (TPSA) is 55.4 Å². The van der Waals surface area contributed by atoms with Crippen molar-refractivity contribution in [1.82, 2.24) is 0 Å². The molecule has 0 aromatic heterocycles. The second-order valence-electron chi connectivity index (χ2n) is 10.4. The van der Waals surface area contributed by atoms with Gasteiger partial charge < -0.3 is 26.6 Å². The Hall–Kier alpha value is 0.194. The fourth-order valence-electron chi connectivity index (χ4n) is 3.42. The maximum atomic E-state index is 6.78. The van der Waals surface area contributed by atoms with Gasteiger partial charge in [0.1, 0.15) is 0 Å². The third-order valence-corrected chi connectivity index (χ3v) is 14.3. The predicted molar refractivity (Wildman–Crippen MR) is 151 cm³/mol. The molecule has 6 nitrogen and oxygen atoms in total. The van der Waals surface area contributed by atoms with E-state index in [-0.39, 0.29) is 42.2 Å². The average Bonchev–Trinajstić information content (AvgIpc) is 2.82. The highest BCUT2D eigenvalue weighted by Gasteiger charge is 2.57. The molecule has 0 N–H and O–H groups in total. The van der Waals surface area contributed by atoms with Crippen LogP contribution in [0.3, 0.4) is 0 Å². The Bertz CT molecular complexity index is 475. The molecule has 0 bridgehead atoms. The van der Waals surface area contributed by atoms with Crippen LogP contribution in [0.5, 0.6) is 0 Å². The molecule has 0 aromatic rings. The van der Waals surface area contributed by atoms with Crippen molar-refractivity contribution in [2.45, 2.75) is 177 Å². The molecule has 0 heterocycles. The minimum Gasteiger partial charge on any atom is -0.371 e. The molecule has 7 atom stereocenters. The van der Waals surface area contributed by atoms with Crippen LogP contribution in [-0.2, 0) is 26.6 Å². The lowest BCUT2D eigenvalue weighted by Crippen LogP contribution is -2.59. The first-order valence-electron chi connectivity index (χ1n) is 14.4. The molecule has 212 valence electrons. The van der Waals surface area contributed by atoms with Gasteiger partial charge in [0.2, 0.25) is 0 Å². The summed E-state index contributed by atoms with van der Waals surface area (Å²) in [5, 5.41) is 0. The highest BCUT2D eigenvalue weighted by atomic mass is 28.4. The molecule has 0 fully saturated rings. The molecule has 0 aliphatic rings. The summed E-state index contributed by atoms with van der Waals surface area (Å²) in [7, 11) is -6.26. The molecule has 0 amide bonds. The summed E-state index contributed by atoms with van der Waals surface area (Å²) in [6, 6.07) is 0.613. The van der Waals surface area contributed by atoms with Crippen LogP contribution in [0.25, 0.3) is 0 Å². The Morgan fingerprint density at radius 1 is 0.400 bits per heavy atom. The SMILES string of the molecule is CCC(C)O[Si](CC(C)[Si](OC(C)CC)(OC(C)CC)OC(C)CC)(OC(C)CC)OC(C)CC. The molecule has 0 saturated carbocycles. The van der Waals surface area contributed by atoms with Crippen molar-refractivity contribution < 1.29 is 26.6 Å². The first-order chi connectivity index (χ1) is 16.4. The zero-order valence-electron chi connectivity index (χ0n) is 25.4. The lowest BCUT2D eigenvalue weighted by molar-refractivity contribution is -0.0276. The molecule has 0 aliphatic carbocycles. The molecule has 0 aliphatic heterocycles. The normalized spacial score (nSPS) is 21.9. The number of hydrogen-bond donors (Lipinski definition) is 0. The van der Waals surface area contributed by atoms with E-state index in [0.29, 0.717) is 6.04 Å². The van der Waals surface area contributed by atoms with Gasteiger partial charge in [-0.25, -0.2) is 0 Å². The molecule has 0 saturated heterocycles. The van der Waals surface area contributed by atoms with Gasteiger partial charge >= 0.3 is 17.6 Å². The fraction of sp³-hybridized carbons (Fsp3) is 1.00. The van der Waals surface area contributed by atoms with Crippen LogP contribution in [0, 0.1) is 0 Å². The molecular weight excluding hydrogens is 476 g/mol. The summed E-state index contributed by atoms with van der Waals surface area (Å²) in [6.45, 7) is 27.7. The molecule has 0 spiro atoms. The summed E-state index contributed by atoms with van der Waals surface area (Å²) in [5.74, 6) is 0. The first kappa shape index (κ1) is 35.2. The van der Waals surface area contributed by atoms with Crippen LogP contribution in [0.2, 0.25) is 11.6 Å². The quantitative estimate of drug-likeness (QED) is 0.138. The van der Waals surface area contributed by atoms with Crippen molar-refractivity contribution in [2.24, 2.45) is 0 Å². The lowest BCUT2D eigenvalue weighted by atomic mass is 10.3. The summed E-state index contributed by atoms with van der Waals surface area (Å²) in [5.41, 5.74) is -0.0386. The summed E-state index contributed by atoms with van der Waals surface area (Å²) < 4.78 is 40.6. The Balaban J connectivity index is 6.59. The van der Waals surface area contributed by atoms with E-state index in [4.69, 9.17) is 26.6 Å². The number of hydrogen-bond acceptors (Lipinski definition) is 6. The Kier molecular flexibility index (Phi) is 17.8. The van der Waals surface area contributed by atoms with Crippen LogP contribution in [0.4, 0.5) is 0 Å². The van der Waals surface area contributed by atoms with Crippen molar-refractivity contribution in [1.29, 1.82) is 0 Å². The van der Waals surface area contributed by atoms with Crippen molar-refractivity contribution >= 4 is 17.6 Å². The second-order valence-corrected chi connectivity index (χ2v) is 15.8. The molecular formula is C27H60O6Si2. The van der Waals surface area contributed by atoms with Gasteiger partial charge in [0, 0.05) is 48.2 Å². The highest BCUT2D eigenvalue weighted by Crippen LogP contribution is 2.39. The van der Waals surface area contributed by atoms with Gasteiger partial charge in [-0.1, -0.05) is 48.5 Å². The van der Waals surface area contributed by atoms with E-state index < -0.39 is 17.6 Å². The predicted octanol–water partition coefficient (Wildman–Crippen LogP) is 8.14. The molecule has 0 aromatic carbocycles. The zero-order valence-corrected chi connectivity index (χ0v) is 27.4. The smallest absolute Gasteiger partial charge is 0.371 e. The maximum absolute atomic E-state index is 6.78. The van der Waals surface area contributed by atoms with Crippen LogP contribution in [0.15, 0.2) is 0 Å². The Morgan fingerprint density at radius 3 is 0.857 bits per heavy atom. The van der Waals surface area contributed by atoms with E-state index in [1.54, 1.807) is 0 Å². The van der Waals surface area contributed by atoms with Gasteiger partial charge in [0.05, 0.1) is 0 Å². The molecule has 7 unspecified atom stereocenters. The van der Waals surface area contributed by atoms with Gasteiger partial charge in [-0.15, -0.1) is 0 Å². The van der Waals surface area contributed by atoms with Crippen molar-refractivity contribution in [2.75, 3.05) is 0 Å². The first-order valence-corrected chi connectivity index (χ1v) is 18.2. The van der Waals surface area contributed by atoms with E-state index >= 15 is 0 Å². The second kappa shape index (κ2) is 17.7. The van der Waals surface area contributed by atoms with Gasteiger partial charge in [-0.05, 0) is 80.1 Å². The van der Waals surface area contributed by atoms with Gasteiger partial charge in [-0.2, -0.15) is 0 Å². The summed E-state index contributed by atoms with van der Waals surface area (Å²) in [4.78, 5) is 0. The molecule has 0 rings (SSSR count). The zero-order chi connectivity index (χ0) is 27.2. The lowest BCUT2D eigenvalue weighted by Gasteiger charge is -2.43. The highest BCUT2D eigenvalue weighted by molar-refractivity contribution is 6.68. The standard InChI is InChI=1S/C27H60O6Si2/c1-14-21(7)28-34(29-22(8)15-2,30-23(9)16-3)20-27(13)35(31-24(10)17-4,32-25(11)18-5)33-26(12)19-6/h21-27H,14-20H2,1-13H3. The van der Waals surface area contributed by atoms with Crippen molar-refractivity contribution in [3.8, 4) is 0 Å². The van der Waals surface area contributed by atoms with Gasteiger partial charge in [-0.3, -0.25) is 0 Å². The van der Waals surface area contributed by atoms with Gasteiger partial charge in [0.25, 0.3) is 0 Å². The summed E-state index contributed by atoms with van der Waals surface area (Å²) in [6.07, 6.45) is 5.62. The molecule has 0 radical (unpaired) electrons. The fourth-order valence-corrected chi connectivity index (χ4v) is 11.8.